The van der Waals surface area contributed by atoms with Gasteiger partial charge < -0.3 is 10.3 Å². The second kappa shape index (κ2) is 9.03. The Morgan fingerprint density at radius 3 is 2.57 bits per heavy atom. The molecule has 1 amide bonds. The zero-order chi connectivity index (χ0) is 21.9. The molecule has 0 bridgehead atoms. The summed E-state index contributed by atoms with van der Waals surface area (Å²) in [5.74, 6) is -0.389. The van der Waals surface area contributed by atoms with Crippen LogP contribution in [0.4, 0.5) is 5.69 Å². The van der Waals surface area contributed by atoms with Crippen LogP contribution in [0.15, 0.2) is 68.4 Å². The standard InChI is InChI=1S/C20H18ClN3O4S2/c1-12-7-8-14(9-13(12)2)30(27,28)17-10-22-20(24-19(17)26)29-11-18(25)23-16-6-4-3-5-15(16)21/h3-10H,11H2,1-2H3,(H,23,25)(H,22,24,26). The number of nitrogens with zero attached hydrogens (tertiary/aromatic N) is 1. The molecule has 0 spiro atoms. The molecule has 7 nitrogen and oxygen atoms in total. The highest BCUT2D eigenvalue weighted by Crippen LogP contribution is 2.22. The van der Waals surface area contributed by atoms with Crippen molar-refractivity contribution in [1.29, 1.82) is 0 Å². The predicted molar refractivity (Wildman–Crippen MR) is 117 cm³/mol. The molecule has 0 saturated heterocycles. The molecule has 156 valence electrons. The number of nitrogens with one attached hydrogen (secondary N) is 2. The molecule has 0 aliphatic heterocycles. The van der Waals surface area contributed by atoms with Crippen LogP contribution in [-0.2, 0) is 14.6 Å². The lowest BCUT2D eigenvalue weighted by atomic mass is 10.1. The van der Waals surface area contributed by atoms with Crippen molar-refractivity contribution in [2.75, 3.05) is 11.1 Å². The summed E-state index contributed by atoms with van der Waals surface area (Å²) in [6.45, 7) is 3.66. The molecule has 2 aromatic carbocycles. The summed E-state index contributed by atoms with van der Waals surface area (Å²) in [6, 6.07) is 11.5. The number of rotatable bonds is 6. The van der Waals surface area contributed by atoms with Crippen LogP contribution in [0.5, 0.6) is 0 Å². The van der Waals surface area contributed by atoms with Gasteiger partial charge in [0.1, 0.15) is 0 Å². The maximum atomic E-state index is 12.8. The summed E-state index contributed by atoms with van der Waals surface area (Å²) in [5.41, 5.74) is 1.43. The second-order valence-electron chi connectivity index (χ2n) is 6.45. The second-order valence-corrected chi connectivity index (χ2v) is 9.74. The predicted octanol–water partition coefficient (Wildman–Crippen LogP) is 3.60. The molecule has 3 aromatic rings. The van der Waals surface area contributed by atoms with Gasteiger partial charge in [-0.15, -0.1) is 0 Å². The van der Waals surface area contributed by atoms with Crippen LogP contribution >= 0.6 is 23.4 Å². The normalized spacial score (nSPS) is 11.3. The third-order valence-corrected chi connectivity index (χ3v) is 7.27. The minimum Gasteiger partial charge on any atom is -0.324 e. The summed E-state index contributed by atoms with van der Waals surface area (Å²) in [7, 11) is -4.01. The van der Waals surface area contributed by atoms with Crippen LogP contribution in [0, 0.1) is 13.8 Å². The smallest absolute Gasteiger partial charge is 0.270 e. The van der Waals surface area contributed by atoms with Crippen molar-refractivity contribution in [3.8, 4) is 0 Å². The first kappa shape index (κ1) is 22.1. The highest BCUT2D eigenvalue weighted by Gasteiger charge is 2.23. The molecule has 30 heavy (non-hydrogen) atoms. The number of H-pyrrole nitrogens is 1. The molecular weight excluding hydrogens is 446 g/mol. The van der Waals surface area contributed by atoms with Crippen LogP contribution in [0.25, 0.3) is 0 Å². The number of halogens is 1. The van der Waals surface area contributed by atoms with Crippen LogP contribution in [0.2, 0.25) is 5.02 Å². The van der Waals surface area contributed by atoms with Gasteiger partial charge in [-0.1, -0.05) is 41.6 Å². The number of para-hydroxylation sites is 1. The van der Waals surface area contributed by atoms with E-state index in [-0.39, 0.29) is 21.7 Å². The number of aromatic nitrogens is 2. The van der Waals surface area contributed by atoms with Crippen LogP contribution < -0.4 is 10.9 Å². The zero-order valence-corrected chi connectivity index (χ0v) is 18.5. The number of hydrogen-bond acceptors (Lipinski definition) is 6. The monoisotopic (exact) mass is 463 g/mol. The Morgan fingerprint density at radius 2 is 1.90 bits per heavy atom. The number of carbonyl (C=O) groups excluding carboxylic acids is 1. The van der Waals surface area contributed by atoms with Crippen LogP contribution in [-0.4, -0.2) is 30.0 Å². The Hall–Kier alpha value is -2.62. The molecular formula is C20H18ClN3O4S2. The van der Waals surface area contributed by atoms with Crippen molar-refractivity contribution < 1.29 is 13.2 Å². The van der Waals surface area contributed by atoms with E-state index in [1.807, 2.05) is 6.92 Å². The van der Waals surface area contributed by atoms with E-state index in [9.17, 15) is 18.0 Å². The van der Waals surface area contributed by atoms with Gasteiger partial charge in [-0.2, -0.15) is 0 Å². The van der Waals surface area contributed by atoms with E-state index in [0.717, 1.165) is 29.1 Å². The Balaban J connectivity index is 1.73. The minimum atomic E-state index is -4.01. The van der Waals surface area contributed by atoms with Crippen molar-refractivity contribution in [1.82, 2.24) is 9.97 Å². The molecule has 3 rings (SSSR count). The van der Waals surface area contributed by atoms with Crippen molar-refractivity contribution in [2.24, 2.45) is 0 Å². The van der Waals surface area contributed by atoms with Gasteiger partial charge in [-0.25, -0.2) is 13.4 Å². The van der Waals surface area contributed by atoms with Gasteiger partial charge >= 0.3 is 0 Å². The van der Waals surface area contributed by atoms with E-state index in [1.165, 1.54) is 12.1 Å². The Labute approximate surface area is 182 Å². The third-order valence-electron chi connectivity index (χ3n) is 4.31. The summed E-state index contributed by atoms with van der Waals surface area (Å²) in [5, 5.41) is 3.19. The number of benzene rings is 2. The van der Waals surface area contributed by atoms with Crippen LogP contribution in [0.3, 0.4) is 0 Å². The SMILES string of the molecule is Cc1ccc(S(=O)(=O)c2cnc(SCC(=O)Nc3ccccc3Cl)[nH]c2=O)cc1C. The average molecular weight is 464 g/mol. The lowest BCUT2D eigenvalue weighted by molar-refractivity contribution is -0.113. The van der Waals surface area contributed by atoms with Gasteiger partial charge in [0.25, 0.3) is 5.56 Å². The number of sulfone groups is 1. The number of amides is 1. The quantitative estimate of drug-likeness (QED) is 0.427. The highest BCUT2D eigenvalue weighted by molar-refractivity contribution is 7.99. The Morgan fingerprint density at radius 1 is 1.17 bits per heavy atom. The molecule has 0 saturated carbocycles. The third kappa shape index (κ3) is 4.92. The Kier molecular flexibility index (Phi) is 6.64. The van der Waals surface area contributed by atoms with Gasteiger partial charge in [-0.05, 0) is 49.2 Å². The molecule has 1 aromatic heterocycles. The van der Waals surface area contributed by atoms with Gasteiger partial charge in [0, 0.05) is 0 Å². The highest BCUT2D eigenvalue weighted by atomic mass is 35.5. The number of aromatic amines is 1. The van der Waals surface area contributed by atoms with E-state index in [4.69, 9.17) is 11.6 Å². The van der Waals surface area contributed by atoms with Gasteiger partial charge in [-0.3, -0.25) is 9.59 Å². The molecule has 0 aliphatic carbocycles. The molecule has 0 aliphatic rings. The fourth-order valence-electron chi connectivity index (χ4n) is 2.52. The van der Waals surface area contributed by atoms with Crippen molar-refractivity contribution in [2.45, 2.75) is 28.8 Å². The topological polar surface area (TPSA) is 109 Å². The molecule has 2 N–H and O–H groups in total. The minimum absolute atomic E-state index is 0.0254. The first-order valence-corrected chi connectivity index (χ1v) is 11.6. The molecule has 10 heteroatoms. The van der Waals surface area contributed by atoms with E-state index in [2.05, 4.69) is 15.3 Å². The van der Waals surface area contributed by atoms with Gasteiger partial charge in [0.05, 0.1) is 27.6 Å². The summed E-state index contributed by atoms with van der Waals surface area (Å²) >= 11 is 6.97. The van der Waals surface area contributed by atoms with E-state index in [0.29, 0.717) is 10.7 Å². The number of carbonyl (C=O) groups is 1. The first-order valence-electron chi connectivity index (χ1n) is 8.77. The fraction of sp³-hybridized carbons (Fsp3) is 0.150. The Bertz CT molecular complexity index is 1270. The lowest BCUT2D eigenvalue weighted by Gasteiger charge is -2.08. The first-order chi connectivity index (χ1) is 14.2. The maximum absolute atomic E-state index is 12.8. The zero-order valence-electron chi connectivity index (χ0n) is 16.1. The lowest BCUT2D eigenvalue weighted by Crippen LogP contribution is -2.20. The average Bonchev–Trinajstić information content (AvgIpc) is 2.70. The molecule has 0 fully saturated rings. The van der Waals surface area contributed by atoms with E-state index < -0.39 is 20.3 Å². The van der Waals surface area contributed by atoms with Crippen LogP contribution in [0.1, 0.15) is 11.1 Å². The number of anilines is 1. The molecule has 1 heterocycles. The molecule has 0 unspecified atom stereocenters. The largest absolute Gasteiger partial charge is 0.324 e. The molecule has 0 radical (unpaired) electrons. The fourth-order valence-corrected chi connectivity index (χ4v) is 4.66. The van der Waals surface area contributed by atoms with Gasteiger partial charge in [0.15, 0.2) is 10.1 Å². The van der Waals surface area contributed by atoms with Gasteiger partial charge in [0.2, 0.25) is 15.7 Å². The summed E-state index contributed by atoms with van der Waals surface area (Å²) < 4.78 is 25.6. The van der Waals surface area contributed by atoms with Crippen molar-refractivity contribution in [3.05, 3.63) is 75.2 Å². The van der Waals surface area contributed by atoms with Crippen molar-refractivity contribution >= 4 is 44.8 Å². The summed E-state index contributed by atoms with van der Waals surface area (Å²) in [4.78, 5) is 30.5. The number of hydrogen-bond donors (Lipinski definition) is 2. The molecule has 0 atom stereocenters. The van der Waals surface area contributed by atoms with E-state index in [1.54, 1.807) is 37.3 Å². The maximum Gasteiger partial charge on any atom is 0.270 e. The summed E-state index contributed by atoms with van der Waals surface area (Å²) in [6.07, 6.45) is 1.01. The van der Waals surface area contributed by atoms with E-state index >= 15 is 0 Å². The van der Waals surface area contributed by atoms with Crippen molar-refractivity contribution in [3.63, 3.8) is 0 Å². The number of thioether (sulfide) groups is 1. The number of aryl methyl sites for hydroxylation is 2.